The number of carbonyl (C=O) groups is 3. The fraction of sp³-hybridized carbons (Fsp3) is 0.500. The van der Waals surface area contributed by atoms with Crippen LogP contribution in [0.1, 0.15) is 42.6 Å². The van der Waals surface area contributed by atoms with E-state index in [0.29, 0.717) is 31.5 Å². The summed E-state index contributed by atoms with van der Waals surface area (Å²) in [5.41, 5.74) is 1.46. The molecule has 1 aromatic rings. The Morgan fingerprint density at radius 3 is 2.12 bits per heavy atom. The van der Waals surface area contributed by atoms with E-state index < -0.39 is 0 Å². The molecule has 0 N–H and O–H groups in total. The van der Waals surface area contributed by atoms with Gasteiger partial charge in [0.25, 0.3) is 5.91 Å². The molecule has 2 fully saturated rings. The Morgan fingerprint density at radius 1 is 1.04 bits per heavy atom. The molecule has 2 aliphatic rings. The number of nitrogens with zero attached hydrogens (tertiary/aromatic N) is 2. The Kier molecular flexibility index (Phi) is 4.66. The Balaban J connectivity index is 1.66. The molecule has 1 aromatic carbocycles. The van der Waals surface area contributed by atoms with Gasteiger partial charge in [0.2, 0.25) is 11.8 Å². The Hall–Kier alpha value is -2.21. The molecule has 0 spiro atoms. The highest BCUT2D eigenvalue weighted by molar-refractivity contribution is 6.01. The number of rotatable bonds is 3. The van der Waals surface area contributed by atoms with E-state index in [2.05, 4.69) is 0 Å². The molecule has 0 radical (unpaired) electrons. The standard InChI is InChI=1S/C18H22N2O4/c1-12-9-19(10-13(2)24-12)18(23)15-5-3-14(4-6-15)11-20-16(21)7-8-17(20)22/h3-6,12-13H,7-11H2,1-2H3. The van der Waals surface area contributed by atoms with Gasteiger partial charge in [-0.05, 0) is 31.5 Å². The van der Waals surface area contributed by atoms with Gasteiger partial charge in [0.15, 0.2) is 0 Å². The molecule has 0 bridgehead atoms. The predicted molar refractivity (Wildman–Crippen MR) is 87.1 cm³/mol. The average Bonchev–Trinajstić information content (AvgIpc) is 2.86. The number of hydrogen-bond acceptors (Lipinski definition) is 4. The largest absolute Gasteiger partial charge is 0.372 e. The molecule has 0 saturated carbocycles. The monoisotopic (exact) mass is 330 g/mol. The molecule has 24 heavy (non-hydrogen) atoms. The number of amides is 3. The van der Waals surface area contributed by atoms with Gasteiger partial charge in [-0.3, -0.25) is 19.3 Å². The van der Waals surface area contributed by atoms with Crippen molar-refractivity contribution in [3.05, 3.63) is 35.4 Å². The van der Waals surface area contributed by atoms with Gasteiger partial charge in [-0.1, -0.05) is 12.1 Å². The van der Waals surface area contributed by atoms with Crippen LogP contribution in [-0.2, 0) is 20.9 Å². The van der Waals surface area contributed by atoms with Crippen molar-refractivity contribution in [3.8, 4) is 0 Å². The van der Waals surface area contributed by atoms with Crippen molar-refractivity contribution in [2.75, 3.05) is 13.1 Å². The highest BCUT2D eigenvalue weighted by atomic mass is 16.5. The third kappa shape index (κ3) is 3.48. The summed E-state index contributed by atoms with van der Waals surface area (Å²) in [5.74, 6) is -0.273. The Labute approximate surface area is 141 Å². The Bertz CT molecular complexity index is 629. The minimum Gasteiger partial charge on any atom is -0.372 e. The van der Waals surface area contributed by atoms with Gasteiger partial charge in [-0.25, -0.2) is 0 Å². The minimum atomic E-state index is -0.128. The molecule has 6 heteroatoms. The van der Waals surface area contributed by atoms with Gasteiger partial charge in [0.1, 0.15) is 0 Å². The summed E-state index contributed by atoms with van der Waals surface area (Å²) in [6.07, 6.45) is 0.652. The summed E-state index contributed by atoms with van der Waals surface area (Å²) in [4.78, 5) is 39.0. The lowest BCUT2D eigenvalue weighted by Crippen LogP contribution is -2.48. The second kappa shape index (κ2) is 6.73. The van der Waals surface area contributed by atoms with E-state index in [1.165, 1.54) is 4.90 Å². The molecule has 2 unspecified atom stereocenters. The molecule has 0 aromatic heterocycles. The summed E-state index contributed by atoms with van der Waals surface area (Å²) in [7, 11) is 0. The minimum absolute atomic E-state index is 0.0168. The second-order valence-corrected chi connectivity index (χ2v) is 6.54. The summed E-state index contributed by atoms with van der Waals surface area (Å²) in [5, 5.41) is 0. The fourth-order valence-corrected chi connectivity index (χ4v) is 3.26. The molecular formula is C18H22N2O4. The van der Waals surface area contributed by atoms with Crippen LogP contribution in [0.3, 0.4) is 0 Å². The van der Waals surface area contributed by atoms with Crippen molar-refractivity contribution >= 4 is 17.7 Å². The third-order valence-corrected chi connectivity index (χ3v) is 4.40. The summed E-state index contributed by atoms with van der Waals surface area (Å²) < 4.78 is 5.65. The quantitative estimate of drug-likeness (QED) is 0.789. The van der Waals surface area contributed by atoms with E-state index in [-0.39, 0.29) is 36.5 Å². The fourth-order valence-electron chi connectivity index (χ4n) is 3.26. The average molecular weight is 330 g/mol. The lowest BCUT2D eigenvalue weighted by Gasteiger charge is -2.35. The lowest BCUT2D eigenvalue weighted by atomic mass is 10.1. The molecule has 2 saturated heterocycles. The van der Waals surface area contributed by atoms with Crippen LogP contribution in [0.4, 0.5) is 0 Å². The number of carbonyl (C=O) groups excluding carboxylic acids is 3. The molecule has 128 valence electrons. The van der Waals surface area contributed by atoms with E-state index in [9.17, 15) is 14.4 Å². The maximum atomic E-state index is 12.6. The zero-order chi connectivity index (χ0) is 17.3. The molecule has 2 heterocycles. The zero-order valence-electron chi connectivity index (χ0n) is 14.0. The van der Waals surface area contributed by atoms with Crippen LogP contribution in [-0.4, -0.2) is 52.8 Å². The molecule has 2 aliphatic heterocycles. The van der Waals surface area contributed by atoms with Gasteiger partial charge in [-0.2, -0.15) is 0 Å². The van der Waals surface area contributed by atoms with Crippen molar-refractivity contribution in [2.45, 2.75) is 45.4 Å². The predicted octanol–water partition coefficient (Wildman–Crippen LogP) is 1.58. The molecule has 6 nitrogen and oxygen atoms in total. The van der Waals surface area contributed by atoms with Crippen LogP contribution in [0, 0.1) is 0 Å². The number of ether oxygens (including phenoxy) is 1. The van der Waals surface area contributed by atoms with Gasteiger partial charge >= 0.3 is 0 Å². The van der Waals surface area contributed by atoms with Gasteiger partial charge in [0.05, 0.1) is 18.8 Å². The van der Waals surface area contributed by atoms with E-state index >= 15 is 0 Å². The maximum Gasteiger partial charge on any atom is 0.254 e. The first kappa shape index (κ1) is 16.6. The van der Waals surface area contributed by atoms with Crippen molar-refractivity contribution in [1.29, 1.82) is 0 Å². The summed E-state index contributed by atoms with van der Waals surface area (Å²) in [6.45, 7) is 5.37. The number of imide groups is 1. The normalized spacial score (nSPS) is 24.6. The number of morpholine rings is 1. The number of hydrogen-bond donors (Lipinski definition) is 0. The first-order valence-corrected chi connectivity index (χ1v) is 8.31. The molecule has 2 atom stereocenters. The first-order chi connectivity index (χ1) is 11.4. The van der Waals surface area contributed by atoms with Crippen molar-refractivity contribution < 1.29 is 19.1 Å². The number of likely N-dealkylation sites (tertiary alicyclic amines) is 1. The zero-order valence-corrected chi connectivity index (χ0v) is 14.0. The van der Waals surface area contributed by atoms with Gasteiger partial charge in [-0.15, -0.1) is 0 Å². The maximum absolute atomic E-state index is 12.6. The second-order valence-electron chi connectivity index (χ2n) is 6.54. The lowest BCUT2D eigenvalue weighted by molar-refractivity contribution is -0.139. The molecule has 0 aliphatic carbocycles. The summed E-state index contributed by atoms with van der Waals surface area (Å²) in [6, 6.07) is 7.12. The van der Waals surface area contributed by atoms with Crippen LogP contribution >= 0.6 is 0 Å². The van der Waals surface area contributed by atoms with Crippen molar-refractivity contribution in [3.63, 3.8) is 0 Å². The van der Waals surface area contributed by atoms with Crippen molar-refractivity contribution in [2.24, 2.45) is 0 Å². The van der Waals surface area contributed by atoms with Crippen molar-refractivity contribution in [1.82, 2.24) is 9.80 Å². The van der Waals surface area contributed by atoms with Crippen LogP contribution in [0.25, 0.3) is 0 Å². The van der Waals surface area contributed by atoms with Gasteiger partial charge in [0, 0.05) is 31.5 Å². The highest BCUT2D eigenvalue weighted by Gasteiger charge is 2.29. The molecule has 3 amide bonds. The van der Waals surface area contributed by atoms with Crippen LogP contribution in [0.5, 0.6) is 0 Å². The van der Waals surface area contributed by atoms with E-state index in [1.807, 2.05) is 13.8 Å². The SMILES string of the molecule is CC1CN(C(=O)c2ccc(CN3C(=O)CCC3=O)cc2)CC(C)O1. The van der Waals surface area contributed by atoms with E-state index in [1.54, 1.807) is 29.2 Å². The van der Waals surface area contributed by atoms with Crippen LogP contribution in [0.15, 0.2) is 24.3 Å². The summed E-state index contributed by atoms with van der Waals surface area (Å²) >= 11 is 0. The first-order valence-electron chi connectivity index (χ1n) is 8.31. The van der Waals surface area contributed by atoms with Crippen LogP contribution < -0.4 is 0 Å². The molecule has 3 rings (SSSR count). The Morgan fingerprint density at radius 2 is 1.58 bits per heavy atom. The third-order valence-electron chi connectivity index (χ3n) is 4.40. The van der Waals surface area contributed by atoms with E-state index in [0.717, 1.165) is 5.56 Å². The van der Waals surface area contributed by atoms with Gasteiger partial charge < -0.3 is 9.64 Å². The smallest absolute Gasteiger partial charge is 0.254 e. The highest BCUT2D eigenvalue weighted by Crippen LogP contribution is 2.18. The van der Waals surface area contributed by atoms with E-state index in [4.69, 9.17) is 4.74 Å². The molecular weight excluding hydrogens is 308 g/mol. The number of benzene rings is 1. The van der Waals surface area contributed by atoms with Crippen LogP contribution in [0.2, 0.25) is 0 Å². The topological polar surface area (TPSA) is 66.9 Å².